The van der Waals surface area contributed by atoms with Crippen LogP contribution >= 0.6 is 34.1 Å². The average molecular weight is 697 g/mol. The molecule has 2 heterocycles. The van der Waals surface area contributed by atoms with Gasteiger partial charge in [0.1, 0.15) is 28.5 Å². The first-order valence-electron chi connectivity index (χ1n) is 11.7. The van der Waals surface area contributed by atoms with Gasteiger partial charge in [0, 0.05) is 38.9 Å². The average Bonchev–Trinajstić information content (AvgIpc) is 3.58. The molecule has 0 saturated carbocycles. The van der Waals surface area contributed by atoms with Crippen LogP contribution in [0.1, 0.15) is 24.1 Å². The monoisotopic (exact) mass is 696 g/mol. The first kappa shape index (κ1) is 28.0. The van der Waals surface area contributed by atoms with Crippen molar-refractivity contribution in [3.05, 3.63) is 92.0 Å². The van der Waals surface area contributed by atoms with Crippen molar-refractivity contribution >= 4 is 60.4 Å². The Bertz CT molecular complexity index is 1860. The lowest BCUT2D eigenvalue weighted by molar-refractivity contribution is 0.391. The van der Waals surface area contributed by atoms with Crippen LogP contribution in [0.5, 0.6) is 11.5 Å². The lowest BCUT2D eigenvalue weighted by Gasteiger charge is -2.23. The molecule has 208 valence electrons. The molecule has 0 aliphatic heterocycles. The molecule has 14 heteroatoms. The van der Waals surface area contributed by atoms with Gasteiger partial charge in [-0.25, -0.2) is 26.9 Å². The lowest BCUT2D eigenvalue weighted by Crippen LogP contribution is -2.31. The molecule has 1 atom stereocenters. The first-order chi connectivity index (χ1) is 19.1. The fraction of sp³-hybridized carbons (Fsp3) is 0.192. The summed E-state index contributed by atoms with van der Waals surface area (Å²) in [7, 11) is -1.62. The summed E-state index contributed by atoms with van der Waals surface area (Å²) in [6, 6.07) is 13.9. The number of rotatable bonds is 9. The smallest absolute Gasteiger partial charge is 0.420 e. The predicted molar refractivity (Wildman–Crippen MR) is 156 cm³/mol. The minimum atomic E-state index is -4.56. The molecule has 0 aliphatic carbocycles. The molecule has 5 rings (SSSR count). The highest BCUT2D eigenvalue weighted by atomic mass is 127. The zero-order valence-corrected chi connectivity index (χ0v) is 25.2. The molecular weight excluding hydrogens is 674 g/mol. The summed E-state index contributed by atoms with van der Waals surface area (Å²) >= 11 is 2.99. The third-order valence-electron chi connectivity index (χ3n) is 6.35. The second kappa shape index (κ2) is 11.2. The molecule has 3 aromatic carbocycles. The van der Waals surface area contributed by atoms with Crippen LogP contribution in [-0.4, -0.2) is 36.6 Å². The van der Waals surface area contributed by atoms with Crippen molar-refractivity contribution in [2.24, 2.45) is 0 Å². The van der Waals surface area contributed by atoms with Crippen molar-refractivity contribution in [2.75, 3.05) is 18.5 Å². The molecule has 40 heavy (non-hydrogen) atoms. The molecule has 0 saturated heterocycles. The van der Waals surface area contributed by atoms with Crippen molar-refractivity contribution in [3.63, 3.8) is 0 Å². The van der Waals surface area contributed by atoms with Crippen LogP contribution < -0.4 is 19.5 Å². The molecule has 0 bridgehead atoms. The summed E-state index contributed by atoms with van der Waals surface area (Å²) in [5, 5.41) is 0.0173. The normalized spacial score (nSPS) is 12.4. The number of anilines is 1. The van der Waals surface area contributed by atoms with Crippen LogP contribution in [0, 0.1) is 9.39 Å². The summed E-state index contributed by atoms with van der Waals surface area (Å²) in [4.78, 5) is 16.3. The van der Waals surface area contributed by atoms with Gasteiger partial charge >= 0.3 is 5.76 Å². The van der Waals surface area contributed by atoms with Crippen LogP contribution in [-0.2, 0) is 16.6 Å². The Morgan fingerprint density at radius 3 is 2.60 bits per heavy atom. The molecule has 0 amide bonds. The van der Waals surface area contributed by atoms with Crippen LogP contribution in [0.2, 0.25) is 0 Å². The fourth-order valence-electron chi connectivity index (χ4n) is 4.34. The van der Waals surface area contributed by atoms with E-state index < -0.39 is 32.5 Å². The molecule has 5 aromatic rings. The van der Waals surface area contributed by atoms with Crippen molar-refractivity contribution in [3.8, 4) is 11.5 Å². The van der Waals surface area contributed by atoms with Gasteiger partial charge in [-0.2, -0.15) is 4.37 Å². The largest absolute Gasteiger partial charge is 0.497 e. The van der Waals surface area contributed by atoms with Crippen LogP contribution in [0.3, 0.4) is 0 Å². The number of oxazole rings is 1. The van der Waals surface area contributed by atoms with Gasteiger partial charge in [-0.05, 0) is 53.3 Å². The van der Waals surface area contributed by atoms with E-state index in [1.54, 1.807) is 25.1 Å². The quantitative estimate of drug-likeness (QED) is 0.193. The van der Waals surface area contributed by atoms with Crippen molar-refractivity contribution < 1.29 is 26.7 Å². The number of hydrogen-bond donors (Lipinski definition) is 0. The second-order valence-corrected chi connectivity index (χ2v) is 12.4. The van der Waals surface area contributed by atoms with E-state index in [1.807, 2.05) is 24.3 Å². The highest BCUT2D eigenvalue weighted by molar-refractivity contribution is 14.1. The van der Waals surface area contributed by atoms with E-state index in [4.69, 9.17) is 13.9 Å². The van der Waals surface area contributed by atoms with E-state index in [0.717, 1.165) is 37.1 Å². The van der Waals surface area contributed by atoms with Gasteiger partial charge in [0.05, 0.1) is 32.3 Å². The van der Waals surface area contributed by atoms with Gasteiger partial charge < -0.3 is 13.9 Å². The number of halogens is 2. The Morgan fingerprint density at radius 1 is 1.15 bits per heavy atom. The zero-order chi connectivity index (χ0) is 28.6. The molecular formula is C26H22FIN4O6S2. The molecule has 2 aromatic heterocycles. The Kier molecular flexibility index (Phi) is 7.83. The second-order valence-electron chi connectivity index (χ2n) is 8.60. The maximum absolute atomic E-state index is 15.7. The van der Waals surface area contributed by atoms with Crippen LogP contribution in [0.25, 0.3) is 11.1 Å². The number of aromatic nitrogens is 3. The number of nitrogens with zero attached hydrogens (tertiary/aromatic N) is 4. The highest BCUT2D eigenvalue weighted by Gasteiger charge is 2.33. The van der Waals surface area contributed by atoms with Gasteiger partial charge in [0.25, 0.3) is 10.0 Å². The van der Waals surface area contributed by atoms with Gasteiger partial charge in [0.15, 0.2) is 5.58 Å². The van der Waals surface area contributed by atoms with E-state index in [0.29, 0.717) is 17.1 Å². The van der Waals surface area contributed by atoms with E-state index >= 15 is 4.39 Å². The van der Waals surface area contributed by atoms with E-state index in [2.05, 4.69) is 31.9 Å². The summed E-state index contributed by atoms with van der Waals surface area (Å²) in [6.07, 6.45) is 1.21. The van der Waals surface area contributed by atoms with Gasteiger partial charge in [-0.1, -0.05) is 18.2 Å². The minimum Gasteiger partial charge on any atom is -0.497 e. The van der Waals surface area contributed by atoms with E-state index in [-0.39, 0.29) is 22.8 Å². The summed E-state index contributed by atoms with van der Waals surface area (Å²) in [5.41, 5.74) is 1.38. The van der Waals surface area contributed by atoms with Crippen LogP contribution in [0.15, 0.2) is 75.0 Å². The van der Waals surface area contributed by atoms with E-state index in [1.165, 1.54) is 25.1 Å². The lowest BCUT2D eigenvalue weighted by atomic mass is 10.1. The third-order valence-corrected chi connectivity index (χ3v) is 9.89. The number of benzene rings is 3. The van der Waals surface area contributed by atoms with Crippen molar-refractivity contribution in [2.45, 2.75) is 24.4 Å². The predicted octanol–water partition coefficient (Wildman–Crippen LogP) is 5.21. The fourth-order valence-corrected chi connectivity index (χ4v) is 7.37. The Balaban J connectivity index is 1.61. The molecule has 0 aliphatic rings. The Hall–Kier alpha value is -3.50. The minimum absolute atomic E-state index is 0.0173. The molecule has 10 nitrogen and oxygen atoms in total. The van der Waals surface area contributed by atoms with Crippen molar-refractivity contribution in [1.82, 2.24) is 13.9 Å². The zero-order valence-electron chi connectivity index (χ0n) is 21.4. The first-order valence-corrected chi connectivity index (χ1v) is 15.0. The standard InChI is InChI=1S/C26H22FIN4O6S2/c1-15(18-6-4-5-7-20(18)28)32-21-11-19(27)24(12-23(21)38-26(32)33)40(34,35)31(25-29-14-30-39-25)13-16-8-9-17(36-2)10-22(16)37-3/h4-12,14-15H,13H2,1-3H3/t15-/m1/s1. The number of hydrogen-bond acceptors (Lipinski definition) is 9. The van der Waals surface area contributed by atoms with Crippen molar-refractivity contribution in [1.29, 1.82) is 0 Å². The maximum Gasteiger partial charge on any atom is 0.420 e. The third kappa shape index (κ3) is 5.06. The van der Waals surface area contributed by atoms with E-state index in [9.17, 15) is 13.2 Å². The SMILES string of the molecule is COc1ccc(CN(c2ncns2)S(=O)(=O)c2cc3oc(=O)n([C@H](C)c4ccccc4I)c3cc2F)c(OC)c1. The molecule has 0 unspecified atom stereocenters. The van der Waals surface area contributed by atoms with Gasteiger partial charge in [-0.3, -0.25) is 4.57 Å². The molecule has 0 radical (unpaired) electrons. The summed E-state index contributed by atoms with van der Waals surface area (Å²) in [6.45, 7) is 1.55. The highest BCUT2D eigenvalue weighted by Crippen LogP contribution is 2.34. The van der Waals surface area contributed by atoms with Gasteiger partial charge in [0.2, 0.25) is 5.13 Å². The molecule has 0 spiro atoms. The topological polar surface area (TPSA) is 117 Å². The molecule has 0 N–H and O–H groups in total. The molecule has 0 fully saturated rings. The Morgan fingerprint density at radius 2 is 1.93 bits per heavy atom. The summed E-state index contributed by atoms with van der Waals surface area (Å²) in [5.74, 6) is -0.901. The number of methoxy groups -OCH3 is 2. The maximum atomic E-state index is 15.7. The number of sulfonamides is 1. The van der Waals surface area contributed by atoms with Gasteiger partial charge in [-0.15, -0.1) is 0 Å². The Labute approximate surface area is 246 Å². The number of fused-ring (bicyclic) bond motifs is 1. The number of ether oxygens (including phenoxy) is 2. The summed E-state index contributed by atoms with van der Waals surface area (Å²) < 4.78 is 66.7. The van der Waals surface area contributed by atoms with Crippen LogP contribution in [0.4, 0.5) is 9.52 Å².